The average molecular weight is 172 g/mol. The standard InChI is InChI=1S/C7H6ClNO2/c1-4-2-5(8)7(10)3-6(4)9-11/h2-3,10H,1H3. The van der Waals surface area contributed by atoms with Crippen molar-refractivity contribution in [2.45, 2.75) is 6.92 Å². The number of aryl methyl sites for hydroxylation is 1. The van der Waals surface area contributed by atoms with E-state index in [4.69, 9.17) is 16.7 Å². The first-order valence-corrected chi connectivity index (χ1v) is 3.35. The highest BCUT2D eigenvalue weighted by atomic mass is 35.5. The summed E-state index contributed by atoms with van der Waals surface area (Å²) in [5.41, 5.74) is 0.870. The molecule has 3 nitrogen and oxygen atoms in total. The van der Waals surface area contributed by atoms with Gasteiger partial charge < -0.3 is 5.11 Å². The lowest BCUT2D eigenvalue weighted by Gasteiger charge is -1.99. The highest BCUT2D eigenvalue weighted by Crippen LogP contribution is 2.30. The number of rotatable bonds is 1. The van der Waals surface area contributed by atoms with Crippen LogP contribution in [-0.2, 0) is 0 Å². The third kappa shape index (κ3) is 1.49. The van der Waals surface area contributed by atoms with Crippen molar-refractivity contribution < 1.29 is 5.11 Å². The third-order valence-corrected chi connectivity index (χ3v) is 1.67. The first-order chi connectivity index (χ1) is 5.15. The SMILES string of the molecule is Cc1cc(Cl)c(O)cc1N=O. The van der Waals surface area contributed by atoms with Crippen molar-refractivity contribution in [1.82, 2.24) is 0 Å². The Morgan fingerprint density at radius 2 is 2.18 bits per heavy atom. The van der Waals surface area contributed by atoms with Crippen LogP contribution in [0.25, 0.3) is 0 Å². The fraction of sp³-hybridized carbons (Fsp3) is 0.143. The van der Waals surface area contributed by atoms with Crippen molar-refractivity contribution in [1.29, 1.82) is 0 Å². The Balaban J connectivity index is 3.31. The molecule has 4 heteroatoms. The molecule has 1 aromatic rings. The summed E-state index contributed by atoms with van der Waals surface area (Å²) in [7, 11) is 0. The van der Waals surface area contributed by atoms with Gasteiger partial charge in [-0.1, -0.05) is 11.6 Å². The second-order valence-electron chi connectivity index (χ2n) is 2.18. The van der Waals surface area contributed by atoms with Crippen molar-refractivity contribution >= 4 is 17.3 Å². The summed E-state index contributed by atoms with van der Waals surface area (Å²) in [6.07, 6.45) is 0. The zero-order valence-electron chi connectivity index (χ0n) is 5.84. The molecule has 0 bridgehead atoms. The van der Waals surface area contributed by atoms with Crippen LogP contribution in [0.5, 0.6) is 5.75 Å². The minimum Gasteiger partial charge on any atom is -0.506 e. The number of hydrogen-bond acceptors (Lipinski definition) is 3. The maximum absolute atomic E-state index is 10.1. The summed E-state index contributed by atoms with van der Waals surface area (Å²) < 4.78 is 0. The number of hydrogen-bond donors (Lipinski definition) is 1. The molecule has 0 aliphatic rings. The monoisotopic (exact) mass is 171 g/mol. The van der Waals surface area contributed by atoms with Gasteiger partial charge in [-0.3, -0.25) is 0 Å². The lowest BCUT2D eigenvalue weighted by Crippen LogP contribution is -1.74. The second kappa shape index (κ2) is 2.88. The van der Waals surface area contributed by atoms with E-state index in [2.05, 4.69) is 5.18 Å². The Kier molecular flexibility index (Phi) is 2.10. The van der Waals surface area contributed by atoms with Gasteiger partial charge in [-0.25, -0.2) is 0 Å². The van der Waals surface area contributed by atoms with Crippen molar-refractivity contribution in [3.05, 3.63) is 27.6 Å². The average Bonchev–Trinajstić information content (AvgIpc) is 1.97. The van der Waals surface area contributed by atoms with Crippen molar-refractivity contribution in [3.8, 4) is 5.75 Å². The summed E-state index contributed by atoms with van der Waals surface area (Å²) in [5.74, 6) is -0.119. The molecule has 0 unspecified atom stereocenters. The Hall–Kier alpha value is -1.09. The fourth-order valence-electron chi connectivity index (χ4n) is 0.749. The predicted octanol–water partition coefficient (Wildman–Crippen LogP) is 2.75. The van der Waals surface area contributed by atoms with Gasteiger partial charge in [0.05, 0.1) is 5.02 Å². The molecule has 0 heterocycles. The summed E-state index contributed by atoms with van der Waals surface area (Å²) >= 11 is 5.55. The van der Waals surface area contributed by atoms with Gasteiger partial charge in [0, 0.05) is 6.07 Å². The normalized spacial score (nSPS) is 9.64. The number of halogens is 1. The second-order valence-corrected chi connectivity index (χ2v) is 2.59. The van der Waals surface area contributed by atoms with Crippen molar-refractivity contribution in [2.75, 3.05) is 0 Å². The van der Waals surface area contributed by atoms with Crippen LogP contribution in [0.2, 0.25) is 5.02 Å². The summed E-state index contributed by atoms with van der Waals surface area (Å²) in [6.45, 7) is 1.70. The maximum Gasteiger partial charge on any atom is 0.136 e. The number of phenols is 1. The Morgan fingerprint density at radius 1 is 1.55 bits per heavy atom. The molecule has 0 atom stereocenters. The van der Waals surface area contributed by atoms with E-state index in [1.807, 2.05) is 0 Å². The lowest BCUT2D eigenvalue weighted by atomic mass is 10.2. The number of nitrogens with zero attached hydrogens (tertiary/aromatic N) is 1. The van der Waals surface area contributed by atoms with Gasteiger partial charge in [0.2, 0.25) is 0 Å². The van der Waals surface area contributed by atoms with Gasteiger partial charge in [0.15, 0.2) is 0 Å². The fourth-order valence-corrected chi connectivity index (χ4v) is 0.967. The lowest BCUT2D eigenvalue weighted by molar-refractivity contribution is 0.475. The van der Waals surface area contributed by atoms with Crippen LogP contribution in [0, 0.1) is 11.8 Å². The predicted molar refractivity (Wildman–Crippen MR) is 43.3 cm³/mol. The molecule has 0 aliphatic heterocycles. The maximum atomic E-state index is 10.1. The van der Waals surface area contributed by atoms with Crippen molar-refractivity contribution in [2.24, 2.45) is 5.18 Å². The van der Waals surface area contributed by atoms with Gasteiger partial charge >= 0.3 is 0 Å². The molecule has 11 heavy (non-hydrogen) atoms. The molecular formula is C7H6ClNO2. The van der Waals surface area contributed by atoms with Gasteiger partial charge in [-0.05, 0) is 23.7 Å². The summed E-state index contributed by atoms with van der Waals surface area (Å²) in [5, 5.41) is 12.0. The Morgan fingerprint density at radius 3 is 2.73 bits per heavy atom. The van der Waals surface area contributed by atoms with E-state index >= 15 is 0 Å². The highest BCUT2D eigenvalue weighted by Gasteiger charge is 2.03. The van der Waals surface area contributed by atoms with Crippen LogP contribution in [0.15, 0.2) is 17.3 Å². The van der Waals surface area contributed by atoms with Crippen LogP contribution < -0.4 is 0 Å². The van der Waals surface area contributed by atoms with E-state index < -0.39 is 0 Å². The van der Waals surface area contributed by atoms with Gasteiger partial charge in [0.25, 0.3) is 0 Å². The molecule has 0 aliphatic carbocycles. The molecule has 1 rings (SSSR count). The van der Waals surface area contributed by atoms with Gasteiger partial charge in [0.1, 0.15) is 11.4 Å². The van der Waals surface area contributed by atoms with Crippen molar-refractivity contribution in [3.63, 3.8) is 0 Å². The number of phenolic OH excluding ortho intramolecular Hbond substituents is 1. The van der Waals surface area contributed by atoms with E-state index in [-0.39, 0.29) is 16.5 Å². The zero-order valence-corrected chi connectivity index (χ0v) is 6.59. The van der Waals surface area contributed by atoms with Crippen LogP contribution >= 0.6 is 11.6 Å². The Bertz CT molecular complexity index is 299. The number of nitroso groups, excluding NO2 is 1. The first kappa shape index (κ1) is 8.01. The largest absolute Gasteiger partial charge is 0.506 e. The number of benzene rings is 1. The molecule has 0 saturated carbocycles. The summed E-state index contributed by atoms with van der Waals surface area (Å²) in [6, 6.07) is 2.73. The third-order valence-electron chi connectivity index (χ3n) is 1.36. The van der Waals surface area contributed by atoms with E-state index in [1.54, 1.807) is 6.92 Å². The van der Waals surface area contributed by atoms with E-state index in [0.29, 0.717) is 5.56 Å². The topological polar surface area (TPSA) is 49.7 Å². The molecule has 1 N–H and O–H groups in total. The number of aromatic hydroxyl groups is 1. The Labute approximate surface area is 68.6 Å². The van der Waals surface area contributed by atoms with E-state index in [9.17, 15) is 4.91 Å². The van der Waals surface area contributed by atoms with E-state index in [1.165, 1.54) is 12.1 Å². The van der Waals surface area contributed by atoms with E-state index in [0.717, 1.165) is 0 Å². The zero-order chi connectivity index (χ0) is 8.43. The molecule has 0 aromatic heterocycles. The smallest absolute Gasteiger partial charge is 0.136 e. The molecule has 0 spiro atoms. The van der Waals surface area contributed by atoms with Crippen LogP contribution in [0.3, 0.4) is 0 Å². The van der Waals surface area contributed by atoms with Crippen LogP contribution in [0.1, 0.15) is 5.56 Å². The summed E-state index contributed by atoms with van der Waals surface area (Å²) in [4.78, 5) is 10.1. The molecule has 58 valence electrons. The quantitative estimate of drug-likeness (QED) is 0.661. The molecule has 0 saturated heterocycles. The minimum absolute atomic E-state index is 0.119. The highest BCUT2D eigenvalue weighted by molar-refractivity contribution is 6.32. The molecule has 0 radical (unpaired) electrons. The molecule has 0 amide bonds. The van der Waals surface area contributed by atoms with Gasteiger partial charge in [-0.2, -0.15) is 0 Å². The minimum atomic E-state index is -0.119. The molecular weight excluding hydrogens is 166 g/mol. The van der Waals surface area contributed by atoms with Crippen LogP contribution in [0.4, 0.5) is 5.69 Å². The molecule has 1 aromatic carbocycles. The van der Waals surface area contributed by atoms with Gasteiger partial charge in [-0.15, -0.1) is 4.91 Å². The molecule has 0 fully saturated rings. The first-order valence-electron chi connectivity index (χ1n) is 2.97. The van der Waals surface area contributed by atoms with Crippen LogP contribution in [-0.4, -0.2) is 5.11 Å².